The van der Waals surface area contributed by atoms with Crippen molar-refractivity contribution < 1.29 is 19.4 Å². The lowest BCUT2D eigenvalue weighted by atomic mass is 10.0. The number of likely N-dealkylation sites (N-methyl/N-ethyl adjacent to an activating group) is 1. The quantitative estimate of drug-likeness (QED) is 0.580. The Balaban J connectivity index is 2.53. The van der Waals surface area contributed by atoms with E-state index in [4.69, 9.17) is 9.84 Å². The fourth-order valence-electron chi connectivity index (χ4n) is 2.05. The van der Waals surface area contributed by atoms with Gasteiger partial charge in [0.1, 0.15) is 6.04 Å². The van der Waals surface area contributed by atoms with Crippen LogP contribution in [-0.4, -0.2) is 60.8 Å². The minimum Gasteiger partial charge on any atom is -0.480 e. The van der Waals surface area contributed by atoms with Crippen molar-refractivity contribution in [2.24, 2.45) is 5.92 Å². The molecule has 0 aromatic heterocycles. The van der Waals surface area contributed by atoms with Crippen LogP contribution in [0.3, 0.4) is 0 Å². The van der Waals surface area contributed by atoms with Crippen LogP contribution in [-0.2, 0) is 14.3 Å². The van der Waals surface area contributed by atoms with Gasteiger partial charge in [0.05, 0.1) is 19.1 Å². The normalized spacial score (nSPS) is 24.1. The number of carboxylic acid groups (broad SMARTS) is 1. The van der Waals surface area contributed by atoms with Gasteiger partial charge in [0, 0.05) is 6.04 Å². The first-order valence-electron chi connectivity index (χ1n) is 6.43. The number of carbonyl (C=O) groups excluding carboxylic acids is 1. The van der Waals surface area contributed by atoms with Crippen LogP contribution < -0.4 is 10.6 Å². The summed E-state index contributed by atoms with van der Waals surface area (Å²) >= 11 is 1.56. The summed E-state index contributed by atoms with van der Waals surface area (Å²) in [6.07, 6.45) is 2.34. The lowest BCUT2D eigenvalue weighted by Gasteiger charge is -2.20. The number of carbonyl (C=O) groups is 2. The van der Waals surface area contributed by atoms with Gasteiger partial charge >= 0.3 is 5.97 Å². The van der Waals surface area contributed by atoms with Crippen molar-refractivity contribution in [2.75, 3.05) is 31.8 Å². The van der Waals surface area contributed by atoms with E-state index in [2.05, 4.69) is 10.6 Å². The Morgan fingerprint density at radius 1 is 1.47 bits per heavy atom. The number of carboxylic acids is 1. The van der Waals surface area contributed by atoms with Crippen molar-refractivity contribution in [1.82, 2.24) is 10.6 Å². The lowest BCUT2D eigenvalue weighted by molar-refractivity contribution is -0.142. The molecule has 1 heterocycles. The molecule has 19 heavy (non-hydrogen) atoms. The summed E-state index contributed by atoms with van der Waals surface area (Å²) < 4.78 is 5.29. The molecular formula is C12H22N2O4S. The third-order valence-electron chi connectivity index (χ3n) is 3.11. The Hall–Kier alpha value is -0.790. The number of ether oxygens (including phenoxy) is 1. The van der Waals surface area contributed by atoms with Crippen molar-refractivity contribution in [3.8, 4) is 0 Å². The summed E-state index contributed by atoms with van der Waals surface area (Å²) in [5.74, 6) is -0.830. The first-order valence-corrected chi connectivity index (χ1v) is 7.82. The van der Waals surface area contributed by atoms with E-state index in [0.717, 1.165) is 6.54 Å². The third-order valence-corrected chi connectivity index (χ3v) is 3.75. The van der Waals surface area contributed by atoms with Crippen LogP contribution in [0.5, 0.6) is 0 Å². The predicted octanol–water partition coefficient (Wildman–Crippen LogP) is -0.0666. The molecule has 0 bridgehead atoms. The first-order chi connectivity index (χ1) is 9.10. The Morgan fingerprint density at radius 3 is 2.79 bits per heavy atom. The topological polar surface area (TPSA) is 87.7 Å². The van der Waals surface area contributed by atoms with Gasteiger partial charge in [0.15, 0.2) is 0 Å². The van der Waals surface area contributed by atoms with Crippen LogP contribution >= 0.6 is 11.8 Å². The fraction of sp³-hybridized carbons (Fsp3) is 0.833. The SMILES string of the molecule is CCNC1COCC1C(=O)N[C@H](CCSC)C(=O)O. The summed E-state index contributed by atoms with van der Waals surface area (Å²) in [4.78, 5) is 23.2. The van der Waals surface area contributed by atoms with Crippen molar-refractivity contribution >= 4 is 23.6 Å². The van der Waals surface area contributed by atoms with Crippen LogP contribution in [0.25, 0.3) is 0 Å². The minimum absolute atomic E-state index is 0.0278. The number of rotatable bonds is 8. The van der Waals surface area contributed by atoms with E-state index in [1.807, 2.05) is 13.2 Å². The molecule has 1 aliphatic heterocycles. The molecule has 110 valence electrons. The van der Waals surface area contributed by atoms with Gasteiger partial charge in [-0.25, -0.2) is 4.79 Å². The van der Waals surface area contributed by atoms with Crippen LogP contribution in [0, 0.1) is 5.92 Å². The van der Waals surface area contributed by atoms with Crippen LogP contribution in [0.15, 0.2) is 0 Å². The Morgan fingerprint density at radius 2 is 2.21 bits per heavy atom. The predicted molar refractivity (Wildman–Crippen MR) is 74.3 cm³/mol. The molecule has 1 rings (SSSR count). The standard InChI is InChI=1S/C12H22N2O4S/c1-3-13-10-7-18-6-8(10)11(15)14-9(12(16)17)4-5-19-2/h8-10,13H,3-7H2,1-2H3,(H,14,15)(H,16,17)/t8?,9-,10?/m1/s1. The van der Waals surface area contributed by atoms with Crippen molar-refractivity contribution in [3.63, 3.8) is 0 Å². The summed E-state index contributed by atoms with van der Waals surface area (Å²) in [5, 5.41) is 14.9. The molecule has 0 spiro atoms. The molecular weight excluding hydrogens is 268 g/mol. The van der Waals surface area contributed by atoms with Gasteiger partial charge < -0.3 is 20.5 Å². The van der Waals surface area contributed by atoms with E-state index in [1.165, 1.54) is 0 Å². The zero-order chi connectivity index (χ0) is 14.3. The number of hydrogen-bond acceptors (Lipinski definition) is 5. The van der Waals surface area contributed by atoms with Crippen LogP contribution in [0.4, 0.5) is 0 Å². The molecule has 1 aliphatic rings. The summed E-state index contributed by atoms with van der Waals surface area (Å²) in [6.45, 7) is 3.56. The maximum atomic E-state index is 12.1. The molecule has 1 saturated heterocycles. The van der Waals surface area contributed by atoms with Crippen molar-refractivity contribution in [1.29, 1.82) is 0 Å². The van der Waals surface area contributed by atoms with Crippen molar-refractivity contribution in [3.05, 3.63) is 0 Å². The van der Waals surface area contributed by atoms with E-state index in [0.29, 0.717) is 25.4 Å². The second kappa shape index (κ2) is 8.39. The average molecular weight is 290 g/mol. The zero-order valence-electron chi connectivity index (χ0n) is 11.3. The average Bonchev–Trinajstić information content (AvgIpc) is 2.82. The monoisotopic (exact) mass is 290 g/mol. The van der Waals surface area contributed by atoms with E-state index in [1.54, 1.807) is 11.8 Å². The van der Waals surface area contributed by atoms with E-state index >= 15 is 0 Å². The third kappa shape index (κ3) is 5.00. The molecule has 3 atom stereocenters. The van der Waals surface area contributed by atoms with Gasteiger partial charge in [-0.05, 0) is 25.0 Å². The van der Waals surface area contributed by atoms with E-state index in [9.17, 15) is 9.59 Å². The highest BCUT2D eigenvalue weighted by atomic mass is 32.2. The highest BCUT2D eigenvalue weighted by Gasteiger charge is 2.35. The second-order valence-electron chi connectivity index (χ2n) is 4.49. The van der Waals surface area contributed by atoms with Gasteiger partial charge in [-0.1, -0.05) is 6.92 Å². The highest BCUT2D eigenvalue weighted by Crippen LogP contribution is 2.14. The number of nitrogens with one attached hydrogen (secondary N) is 2. The number of amides is 1. The summed E-state index contributed by atoms with van der Waals surface area (Å²) in [7, 11) is 0. The molecule has 0 radical (unpaired) electrons. The second-order valence-corrected chi connectivity index (χ2v) is 5.47. The molecule has 6 nitrogen and oxygen atoms in total. The number of hydrogen-bond donors (Lipinski definition) is 3. The Bertz CT molecular complexity index is 314. The fourth-order valence-corrected chi connectivity index (χ4v) is 2.52. The van der Waals surface area contributed by atoms with Crippen molar-refractivity contribution in [2.45, 2.75) is 25.4 Å². The first kappa shape index (κ1) is 16.3. The summed E-state index contributed by atoms with van der Waals surface area (Å²) in [5.41, 5.74) is 0. The van der Waals surface area contributed by atoms with Gasteiger partial charge in [0.25, 0.3) is 0 Å². The molecule has 1 fully saturated rings. The molecule has 2 unspecified atom stereocenters. The molecule has 1 amide bonds. The number of thioether (sulfide) groups is 1. The molecule has 0 aromatic rings. The lowest BCUT2D eigenvalue weighted by Crippen LogP contribution is -2.49. The molecule has 0 aliphatic carbocycles. The van der Waals surface area contributed by atoms with Gasteiger partial charge in [-0.3, -0.25) is 4.79 Å². The minimum atomic E-state index is -0.985. The zero-order valence-corrected chi connectivity index (χ0v) is 12.2. The Kier molecular flexibility index (Phi) is 7.19. The molecule has 7 heteroatoms. The molecule has 3 N–H and O–H groups in total. The Labute approximate surface area is 117 Å². The van der Waals surface area contributed by atoms with E-state index in [-0.39, 0.29) is 17.9 Å². The van der Waals surface area contributed by atoms with Gasteiger partial charge in [-0.15, -0.1) is 0 Å². The van der Waals surface area contributed by atoms with E-state index < -0.39 is 12.0 Å². The van der Waals surface area contributed by atoms with Gasteiger partial charge in [0.2, 0.25) is 5.91 Å². The molecule has 0 saturated carbocycles. The smallest absolute Gasteiger partial charge is 0.326 e. The maximum absolute atomic E-state index is 12.1. The highest BCUT2D eigenvalue weighted by molar-refractivity contribution is 7.98. The van der Waals surface area contributed by atoms with Crippen LogP contribution in [0.1, 0.15) is 13.3 Å². The molecule has 0 aromatic carbocycles. The number of aliphatic carboxylic acids is 1. The van der Waals surface area contributed by atoms with Crippen LogP contribution in [0.2, 0.25) is 0 Å². The maximum Gasteiger partial charge on any atom is 0.326 e. The summed E-state index contributed by atoms with van der Waals surface area (Å²) in [6, 6.07) is -0.845. The van der Waals surface area contributed by atoms with Gasteiger partial charge in [-0.2, -0.15) is 11.8 Å². The largest absolute Gasteiger partial charge is 0.480 e.